The summed E-state index contributed by atoms with van der Waals surface area (Å²) in [5.74, 6) is -3.79. The van der Waals surface area contributed by atoms with Crippen LogP contribution in [-0.2, 0) is 30.8 Å². The van der Waals surface area contributed by atoms with Gasteiger partial charge in [-0.05, 0) is 88.4 Å². The Morgan fingerprint density at radius 1 is 1.02 bits per heavy atom. The van der Waals surface area contributed by atoms with Gasteiger partial charge in [0.05, 0.1) is 51.9 Å². The van der Waals surface area contributed by atoms with Gasteiger partial charge in [0.1, 0.15) is 5.82 Å². The molecule has 1 aliphatic carbocycles. The zero-order valence-corrected chi connectivity index (χ0v) is 25.9. The second-order valence-electron chi connectivity index (χ2n) is 10.5. The molecule has 42 heavy (non-hydrogen) atoms. The largest absolute Gasteiger partial charge is 0.416 e. The van der Waals surface area contributed by atoms with Gasteiger partial charge < -0.3 is 18.7 Å². The van der Waals surface area contributed by atoms with Gasteiger partial charge in [0.25, 0.3) is 0 Å². The van der Waals surface area contributed by atoms with Crippen LogP contribution in [-0.4, -0.2) is 54.5 Å². The summed E-state index contributed by atoms with van der Waals surface area (Å²) in [4.78, 5) is 1.71. The molecule has 2 atom stereocenters. The van der Waals surface area contributed by atoms with Crippen molar-refractivity contribution < 1.29 is 44.3 Å². The molecule has 2 aromatic rings. The predicted molar refractivity (Wildman–Crippen MR) is 153 cm³/mol. The Bertz CT molecular complexity index is 1170. The van der Waals surface area contributed by atoms with Crippen molar-refractivity contribution in [3.05, 3.63) is 53.8 Å². The molecule has 1 fully saturated rings. The van der Waals surface area contributed by atoms with E-state index >= 15 is 0 Å². The topological polar surface area (TPSA) is 48.0 Å². The van der Waals surface area contributed by atoms with Crippen LogP contribution < -0.4 is 4.90 Å². The minimum Gasteiger partial charge on any atom is -0.384 e. The molecule has 1 heterocycles. The zero-order valence-electron chi connectivity index (χ0n) is 24.2. The van der Waals surface area contributed by atoms with Crippen LogP contribution >= 0.6 is 8.38 Å². The smallest absolute Gasteiger partial charge is 0.384 e. The number of hydrogen-bond donors (Lipinski definition) is 0. The van der Waals surface area contributed by atoms with Crippen molar-refractivity contribution >= 4 is 30.5 Å². The first-order valence-electron chi connectivity index (χ1n) is 13.8. The van der Waals surface area contributed by atoms with Gasteiger partial charge in [-0.3, -0.25) is 4.21 Å². The molecule has 4 rings (SSSR count). The summed E-state index contributed by atoms with van der Waals surface area (Å²) >= 11 is 0. The lowest BCUT2D eigenvalue weighted by atomic mass is 10.0. The highest BCUT2D eigenvalue weighted by atomic mass is 32.2. The highest BCUT2D eigenvalue weighted by Crippen LogP contribution is 2.65. The van der Waals surface area contributed by atoms with Crippen LogP contribution in [0.5, 0.6) is 0 Å². The Labute approximate surface area is 247 Å². The summed E-state index contributed by atoms with van der Waals surface area (Å²) < 4.78 is 109. The molecule has 0 N–H and O–H groups in total. The van der Waals surface area contributed by atoms with Gasteiger partial charge >= 0.3 is 6.18 Å². The second kappa shape index (κ2) is 14.8. The highest BCUT2D eigenvalue weighted by Gasteiger charge is 2.52. The van der Waals surface area contributed by atoms with Crippen LogP contribution in [0.1, 0.15) is 52.0 Å². The van der Waals surface area contributed by atoms with Crippen molar-refractivity contribution in [1.82, 2.24) is 0 Å². The van der Waals surface area contributed by atoms with Gasteiger partial charge in [-0.25, -0.2) is 13.2 Å². The fourth-order valence-corrected chi connectivity index (χ4v) is 7.95. The van der Waals surface area contributed by atoms with E-state index < -0.39 is 55.0 Å². The Morgan fingerprint density at radius 2 is 1.64 bits per heavy atom. The highest BCUT2D eigenvalue weighted by molar-refractivity contribution is 7.85. The molecule has 0 radical (unpaired) electrons. The van der Waals surface area contributed by atoms with Crippen LogP contribution in [0.25, 0.3) is 0 Å². The van der Waals surface area contributed by atoms with E-state index in [-0.39, 0.29) is 34.5 Å². The number of fused-ring (bicyclic) bond motifs is 1. The van der Waals surface area contributed by atoms with Crippen LogP contribution in [0.4, 0.5) is 37.7 Å². The summed E-state index contributed by atoms with van der Waals surface area (Å²) in [6, 6.07) is 8.08. The Balaban J connectivity index is 0.000000312. The normalized spacial score (nSPS) is 20.0. The zero-order chi connectivity index (χ0) is 31.1. The van der Waals surface area contributed by atoms with Gasteiger partial charge in [-0.15, -0.1) is 0 Å². The molecule has 13 heteroatoms. The molecule has 5 nitrogen and oxygen atoms in total. The summed E-state index contributed by atoms with van der Waals surface area (Å²) in [5, 5.41) is 0.218. The molecule has 2 aliphatic rings. The van der Waals surface area contributed by atoms with Gasteiger partial charge in [-0.2, -0.15) is 13.2 Å². The molecule has 2 aromatic carbocycles. The van der Waals surface area contributed by atoms with E-state index in [1.165, 1.54) is 48.1 Å². The Kier molecular flexibility index (Phi) is 12.3. The van der Waals surface area contributed by atoms with E-state index in [9.17, 15) is 30.6 Å². The molecule has 1 unspecified atom stereocenters. The van der Waals surface area contributed by atoms with Crippen molar-refractivity contribution in [3.63, 3.8) is 0 Å². The molecule has 0 aromatic heterocycles. The lowest BCUT2D eigenvalue weighted by Crippen LogP contribution is -2.27. The number of rotatable bonds is 11. The number of methoxy groups -OCH3 is 1. The third-order valence-electron chi connectivity index (χ3n) is 6.90. The first-order chi connectivity index (χ1) is 19.7. The minimum atomic E-state index is -4.60. The number of nitrogens with zero attached hydrogens (tertiary/aromatic N) is 1. The van der Waals surface area contributed by atoms with Crippen molar-refractivity contribution in [1.29, 1.82) is 0 Å². The van der Waals surface area contributed by atoms with Crippen molar-refractivity contribution in [2.45, 2.75) is 68.6 Å². The molecular weight excluding hydrogens is 603 g/mol. The van der Waals surface area contributed by atoms with Crippen LogP contribution in [0.15, 0.2) is 47.4 Å². The molecule has 1 saturated carbocycles. The van der Waals surface area contributed by atoms with E-state index in [1.807, 2.05) is 13.8 Å². The van der Waals surface area contributed by atoms with Crippen molar-refractivity contribution in [2.24, 2.45) is 5.92 Å². The van der Waals surface area contributed by atoms with Gasteiger partial charge in [0.15, 0.2) is 8.38 Å². The molecule has 0 spiro atoms. The molecule has 0 saturated heterocycles. The number of alkyl halides is 5. The van der Waals surface area contributed by atoms with Crippen molar-refractivity contribution in [2.75, 3.05) is 44.1 Å². The van der Waals surface area contributed by atoms with Crippen molar-refractivity contribution in [3.8, 4) is 0 Å². The van der Waals surface area contributed by atoms with Crippen LogP contribution in [0.3, 0.4) is 0 Å². The predicted octanol–water partition coefficient (Wildman–Crippen LogP) is 8.71. The maximum atomic E-state index is 13.3. The average Bonchev–Trinajstić information content (AvgIpc) is 3.72. The third-order valence-corrected chi connectivity index (χ3v) is 10.8. The first-order valence-corrected chi connectivity index (χ1v) is 16.3. The van der Waals surface area contributed by atoms with E-state index in [0.29, 0.717) is 5.69 Å². The fourth-order valence-electron chi connectivity index (χ4n) is 4.65. The monoisotopic (exact) mass is 641 g/mol. The molecule has 0 amide bonds. The summed E-state index contributed by atoms with van der Waals surface area (Å²) in [6.07, 6.45) is -2.58. The third kappa shape index (κ3) is 9.64. The number of hydrogen-bond acceptors (Lipinski definition) is 5. The van der Waals surface area contributed by atoms with E-state index in [0.717, 1.165) is 38.9 Å². The lowest BCUT2D eigenvalue weighted by Gasteiger charge is -2.28. The van der Waals surface area contributed by atoms with Crippen LogP contribution in [0.2, 0.25) is 0 Å². The minimum absolute atomic E-state index is 0.0616. The Morgan fingerprint density at radius 3 is 2.14 bits per heavy atom. The van der Waals surface area contributed by atoms with E-state index in [2.05, 4.69) is 0 Å². The maximum absolute atomic E-state index is 13.3. The number of ether oxygens (including phenoxy) is 1. The van der Waals surface area contributed by atoms with E-state index in [4.69, 9.17) is 13.8 Å². The molecular formula is C29H38F6NO4PS. The second-order valence-corrected chi connectivity index (χ2v) is 13.9. The maximum Gasteiger partial charge on any atom is 0.416 e. The molecule has 1 aliphatic heterocycles. The lowest BCUT2D eigenvalue weighted by molar-refractivity contribution is -0.137. The standard InChI is InChI=1S/C20H19F6NOS.C9H19O3P/c1-19(22,23)9-8-13-11-27(16-5-3-15(21)4-6-16)17-10-14(20(24,25)26)2-7-18(17)29(28)12-13;1-4-11-13(12-5-2)9(6-7-9)8-10-3/h2-7,10,13H,8-9,11-12H2,1H3;4-8H2,1-3H3/t13-,29?;/m1./s1. The SMILES string of the molecule is CC(F)(F)CC[C@@H]1CN(c2ccc(F)cc2)c2cc(C(F)(F)F)ccc2S(=O)C1.CCOP(OCC)C1(COC)CC1. The van der Waals surface area contributed by atoms with Gasteiger partial charge in [0, 0.05) is 31.5 Å². The summed E-state index contributed by atoms with van der Waals surface area (Å²) in [7, 11) is -0.635. The first kappa shape index (κ1) is 34.8. The number of benzene rings is 2. The summed E-state index contributed by atoms with van der Waals surface area (Å²) in [6.45, 7) is 7.16. The molecule has 236 valence electrons. The molecule has 0 bridgehead atoms. The van der Waals surface area contributed by atoms with Gasteiger partial charge in [-0.1, -0.05) is 0 Å². The fraction of sp³-hybridized carbons (Fsp3) is 0.586. The quantitative estimate of drug-likeness (QED) is 0.182. The number of halogens is 6. The van der Waals surface area contributed by atoms with E-state index in [1.54, 1.807) is 7.11 Å². The average molecular weight is 642 g/mol. The number of anilines is 2. The Hall–Kier alpha value is -1.72. The summed E-state index contributed by atoms with van der Waals surface area (Å²) in [5.41, 5.74) is -0.409. The van der Waals surface area contributed by atoms with Crippen LogP contribution in [0, 0.1) is 11.7 Å². The van der Waals surface area contributed by atoms with Gasteiger partial charge in [0.2, 0.25) is 5.92 Å².